The summed E-state index contributed by atoms with van der Waals surface area (Å²) >= 11 is 0. The molecule has 1 aliphatic heterocycles. The van der Waals surface area contributed by atoms with Crippen LogP contribution in [0.25, 0.3) is 22.2 Å². The van der Waals surface area contributed by atoms with E-state index in [1.165, 1.54) is 0 Å². The van der Waals surface area contributed by atoms with Crippen molar-refractivity contribution in [2.24, 2.45) is 5.92 Å². The zero-order valence-corrected chi connectivity index (χ0v) is 23.6. The Morgan fingerprint density at radius 1 is 1.08 bits per heavy atom. The summed E-state index contributed by atoms with van der Waals surface area (Å²) in [7, 11) is 3.55. The van der Waals surface area contributed by atoms with Crippen molar-refractivity contribution in [1.29, 1.82) is 0 Å². The molecule has 37 heavy (non-hydrogen) atoms. The number of hydrogen-bond acceptors (Lipinski definition) is 3. The van der Waals surface area contributed by atoms with Gasteiger partial charge in [0.2, 0.25) is 5.91 Å². The molecular formula is C30H41FN4O2. The van der Waals surface area contributed by atoms with Gasteiger partial charge < -0.3 is 14.4 Å². The Kier molecular flexibility index (Phi) is 8.77. The zero-order valence-electron chi connectivity index (χ0n) is 23.6. The van der Waals surface area contributed by atoms with E-state index < -0.39 is 0 Å². The van der Waals surface area contributed by atoms with Crippen molar-refractivity contribution in [3.63, 3.8) is 0 Å². The second-order valence-corrected chi connectivity index (χ2v) is 10.8. The number of hydrogen-bond donors (Lipinski definition) is 0. The molecule has 2 aromatic heterocycles. The molecule has 0 N–H and O–H groups in total. The summed E-state index contributed by atoms with van der Waals surface area (Å²) in [6.45, 7) is 13.3. The summed E-state index contributed by atoms with van der Waals surface area (Å²) in [5.74, 6) is 0.109. The summed E-state index contributed by atoms with van der Waals surface area (Å²) in [5.41, 5.74) is 3.14. The van der Waals surface area contributed by atoms with Gasteiger partial charge >= 0.3 is 0 Å². The van der Waals surface area contributed by atoms with Crippen molar-refractivity contribution in [3.8, 4) is 11.1 Å². The average Bonchev–Trinajstić information content (AvgIpc) is 3.26. The van der Waals surface area contributed by atoms with E-state index in [1.54, 1.807) is 44.1 Å². The standard InChI is InChI=1S/C28H35FN4O2.C2H6/c1-18-7-8-20(16-23(18)29)22-17-33(28(2,3)4)26-21(22)9-10-24(30-26)27(35)32-13-11-19(12-14-32)15-25(34)31(5)6;1-2/h7-10,16-17,19H,11-15H2,1-6H3;1-2H3. The second-order valence-electron chi connectivity index (χ2n) is 10.8. The molecular weight excluding hydrogens is 467 g/mol. The maximum Gasteiger partial charge on any atom is 0.272 e. The first-order chi connectivity index (χ1) is 17.5. The number of carbonyl (C=O) groups excluding carboxylic acids is 2. The fraction of sp³-hybridized carbons (Fsp3) is 0.500. The minimum Gasteiger partial charge on any atom is -0.349 e. The van der Waals surface area contributed by atoms with E-state index in [1.807, 2.05) is 37.1 Å². The normalized spacial score (nSPS) is 14.4. The number of halogens is 1. The van der Waals surface area contributed by atoms with Crippen LogP contribution in [0.3, 0.4) is 0 Å². The Morgan fingerprint density at radius 3 is 2.30 bits per heavy atom. The van der Waals surface area contributed by atoms with E-state index in [0.717, 1.165) is 29.4 Å². The Morgan fingerprint density at radius 2 is 1.73 bits per heavy atom. The van der Waals surface area contributed by atoms with E-state index >= 15 is 0 Å². The molecule has 0 spiro atoms. The van der Waals surface area contributed by atoms with Crippen LogP contribution in [-0.2, 0) is 10.3 Å². The van der Waals surface area contributed by atoms with Gasteiger partial charge in [0, 0.05) is 56.3 Å². The maximum absolute atomic E-state index is 14.3. The van der Waals surface area contributed by atoms with Crippen molar-refractivity contribution in [2.75, 3.05) is 27.2 Å². The van der Waals surface area contributed by atoms with Gasteiger partial charge in [-0.15, -0.1) is 0 Å². The number of nitrogens with zero attached hydrogens (tertiary/aromatic N) is 4. The van der Waals surface area contributed by atoms with Crippen LogP contribution >= 0.6 is 0 Å². The highest BCUT2D eigenvalue weighted by molar-refractivity contribution is 5.99. The molecule has 0 aliphatic carbocycles. The lowest BCUT2D eigenvalue weighted by Crippen LogP contribution is -2.40. The molecule has 1 aromatic carbocycles. The summed E-state index contributed by atoms with van der Waals surface area (Å²) in [4.78, 5) is 33.6. The van der Waals surface area contributed by atoms with Gasteiger partial charge in [-0.2, -0.15) is 0 Å². The fourth-order valence-electron chi connectivity index (χ4n) is 4.65. The van der Waals surface area contributed by atoms with E-state index in [2.05, 4.69) is 25.3 Å². The Hall–Kier alpha value is -3.22. The van der Waals surface area contributed by atoms with Gasteiger partial charge in [0.1, 0.15) is 17.2 Å². The maximum atomic E-state index is 14.3. The third-order valence-corrected chi connectivity index (χ3v) is 6.94. The summed E-state index contributed by atoms with van der Waals surface area (Å²) < 4.78 is 16.4. The van der Waals surface area contributed by atoms with Gasteiger partial charge in [-0.25, -0.2) is 9.37 Å². The summed E-state index contributed by atoms with van der Waals surface area (Å²) in [5, 5.41) is 0.889. The molecule has 0 radical (unpaired) electrons. The molecule has 200 valence electrons. The van der Waals surface area contributed by atoms with Gasteiger partial charge in [0.15, 0.2) is 0 Å². The molecule has 1 saturated heterocycles. The summed E-state index contributed by atoms with van der Waals surface area (Å²) in [6, 6.07) is 8.96. The highest BCUT2D eigenvalue weighted by atomic mass is 19.1. The number of aryl methyl sites for hydroxylation is 1. The zero-order chi connectivity index (χ0) is 27.5. The first kappa shape index (κ1) is 28.4. The summed E-state index contributed by atoms with van der Waals surface area (Å²) in [6.07, 6.45) is 4.16. The lowest BCUT2D eigenvalue weighted by molar-refractivity contribution is -0.129. The van der Waals surface area contributed by atoms with Crippen LogP contribution in [-0.4, -0.2) is 58.4 Å². The van der Waals surface area contributed by atoms with Crippen LogP contribution in [0.15, 0.2) is 36.5 Å². The number of fused-ring (bicyclic) bond motifs is 1. The van der Waals surface area contributed by atoms with Crippen molar-refractivity contribution >= 4 is 22.8 Å². The minimum absolute atomic E-state index is 0.0890. The second kappa shape index (κ2) is 11.4. The monoisotopic (exact) mass is 508 g/mol. The first-order valence-corrected chi connectivity index (χ1v) is 13.2. The number of rotatable bonds is 4. The number of benzene rings is 1. The number of carbonyl (C=O) groups is 2. The molecule has 0 unspecified atom stereocenters. The van der Waals surface area contributed by atoms with Crippen LogP contribution in [0.1, 0.15) is 69.9 Å². The fourth-order valence-corrected chi connectivity index (χ4v) is 4.65. The molecule has 1 aliphatic rings. The van der Waals surface area contributed by atoms with Gasteiger partial charge in [-0.05, 0) is 75.8 Å². The minimum atomic E-state index is -0.272. The van der Waals surface area contributed by atoms with Crippen LogP contribution in [0.4, 0.5) is 4.39 Å². The van der Waals surface area contributed by atoms with Crippen LogP contribution in [0.5, 0.6) is 0 Å². The Bertz CT molecular complexity index is 1260. The van der Waals surface area contributed by atoms with Crippen LogP contribution in [0.2, 0.25) is 0 Å². The quantitative estimate of drug-likeness (QED) is 0.418. The molecule has 6 nitrogen and oxygen atoms in total. The third kappa shape index (κ3) is 6.20. The van der Waals surface area contributed by atoms with E-state index in [4.69, 9.17) is 4.98 Å². The lowest BCUT2D eigenvalue weighted by atomic mass is 9.93. The number of likely N-dealkylation sites (tertiary alicyclic amines) is 1. The predicted molar refractivity (Wildman–Crippen MR) is 148 cm³/mol. The molecule has 2 amide bonds. The van der Waals surface area contributed by atoms with Crippen molar-refractivity contribution < 1.29 is 14.0 Å². The largest absolute Gasteiger partial charge is 0.349 e. The van der Waals surface area contributed by atoms with Crippen LogP contribution in [0, 0.1) is 18.7 Å². The Labute approximate surface area is 220 Å². The molecule has 7 heteroatoms. The van der Waals surface area contributed by atoms with Crippen molar-refractivity contribution in [3.05, 3.63) is 53.6 Å². The van der Waals surface area contributed by atoms with Gasteiger partial charge in [0.25, 0.3) is 5.91 Å². The first-order valence-electron chi connectivity index (χ1n) is 13.2. The SMILES string of the molecule is CC.Cc1ccc(-c2cn(C(C)(C)C)c3nc(C(=O)N4CCC(CC(=O)N(C)C)CC4)ccc23)cc1F. The molecule has 0 bridgehead atoms. The molecule has 4 rings (SSSR count). The number of pyridine rings is 1. The van der Waals surface area contributed by atoms with Crippen molar-refractivity contribution in [2.45, 2.75) is 66.3 Å². The lowest BCUT2D eigenvalue weighted by Gasteiger charge is -2.32. The Balaban J connectivity index is 0.00000186. The smallest absolute Gasteiger partial charge is 0.272 e. The average molecular weight is 509 g/mol. The van der Waals surface area contributed by atoms with Crippen LogP contribution < -0.4 is 0 Å². The number of piperidine rings is 1. The molecule has 0 saturated carbocycles. The topological polar surface area (TPSA) is 58.4 Å². The van der Waals surface area contributed by atoms with Gasteiger partial charge in [-0.1, -0.05) is 26.0 Å². The number of amides is 2. The molecule has 3 heterocycles. The third-order valence-electron chi connectivity index (χ3n) is 6.94. The predicted octanol–water partition coefficient (Wildman–Crippen LogP) is 6.26. The van der Waals surface area contributed by atoms with Gasteiger partial charge in [0.05, 0.1) is 0 Å². The highest BCUT2D eigenvalue weighted by Crippen LogP contribution is 2.34. The molecule has 3 aromatic rings. The molecule has 1 fully saturated rings. The highest BCUT2D eigenvalue weighted by Gasteiger charge is 2.27. The van der Waals surface area contributed by atoms with E-state index in [9.17, 15) is 14.0 Å². The van der Waals surface area contributed by atoms with Crippen molar-refractivity contribution in [1.82, 2.24) is 19.4 Å². The molecule has 0 atom stereocenters. The number of aromatic nitrogens is 2. The van der Waals surface area contributed by atoms with E-state index in [0.29, 0.717) is 42.3 Å². The van der Waals surface area contributed by atoms with Gasteiger partial charge in [-0.3, -0.25) is 9.59 Å². The van der Waals surface area contributed by atoms with E-state index in [-0.39, 0.29) is 23.2 Å².